The van der Waals surface area contributed by atoms with Crippen LogP contribution in [0.3, 0.4) is 0 Å². The van der Waals surface area contributed by atoms with Crippen LogP contribution in [-0.4, -0.2) is 16.5 Å². The third kappa shape index (κ3) is 5.01. The third-order valence-electron chi connectivity index (χ3n) is 6.49. The Bertz CT molecular complexity index is 1440. The number of para-hydroxylation sites is 1. The summed E-state index contributed by atoms with van der Waals surface area (Å²) in [5.41, 5.74) is 7.36. The highest BCUT2D eigenvalue weighted by atomic mass is 16.5. The quantitative estimate of drug-likeness (QED) is 0.298. The molecule has 6 rings (SSSR count). The highest BCUT2D eigenvalue weighted by Gasteiger charge is 2.28. The number of dihydropyridines is 1. The van der Waals surface area contributed by atoms with Crippen molar-refractivity contribution in [2.75, 3.05) is 11.9 Å². The molecule has 36 heavy (non-hydrogen) atoms. The first-order valence-corrected chi connectivity index (χ1v) is 12.4. The molecule has 2 heterocycles. The van der Waals surface area contributed by atoms with E-state index in [0.29, 0.717) is 11.9 Å². The number of aromatic nitrogens is 2. The van der Waals surface area contributed by atoms with E-state index < -0.39 is 0 Å². The molecule has 5 nitrogen and oxygen atoms in total. The van der Waals surface area contributed by atoms with Crippen molar-refractivity contribution in [1.82, 2.24) is 15.3 Å². The Morgan fingerprint density at radius 2 is 1.44 bits per heavy atom. The molecular weight excluding hydrogens is 444 g/mol. The van der Waals surface area contributed by atoms with E-state index in [-0.39, 0.29) is 0 Å². The molecule has 4 aromatic rings. The smallest absolute Gasteiger partial charge is 0.228 e. The highest BCUT2D eigenvalue weighted by Crippen LogP contribution is 2.37. The van der Waals surface area contributed by atoms with Gasteiger partial charge in [-0.1, -0.05) is 60.7 Å². The zero-order valence-corrected chi connectivity index (χ0v) is 20.2. The SMILES string of the molecule is CC1=C(Nc2nc(-c3ccccc3)cc(-c3cccc(Oc4ccccc4)c3)n2)C=C(C2CC2)NC1. The number of nitrogens with zero attached hydrogens (tertiary/aromatic N) is 2. The number of rotatable bonds is 7. The molecule has 2 aliphatic rings. The van der Waals surface area contributed by atoms with Gasteiger partial charge in [0.2, 0.25) is 5.95 Å². The second-order valence-corrected chi connectivity index (χ2v) is 9.32. The molecule has 0 bridgehead atoms. The molecule has 1 fully saturated rings. The van der Waals surface area contributed by atoms with Crippen LogP contribution in [-0.2, 0) is 0 Å². The number of anilines is 1. The monoisotopic (exact) mass is 472 g/mol. The van der Waals surface area contributed by atoms with Gasteiger partial charge in [0.1, 0.15) is 11.5 Å². The van der Waals surface area contributed by atoms with Gasteiger partial charge in [-0.2, -0.15) is 0 Å². The van der Waals surface area contributed by atoms with E-state index in [9.17, 15) is 0 Å². The van der Waals surface area contributed by atoms with Crippen molar-refractivity contribution in [2.45, 2.75) is 19.8 Å². The van der Waals surface area contributed by atoms with Gasteiger partial charge in [0, 0.05) is 29.1 Å². The average molecular weight is 473 g/mol. The topological polar surface area (TPSA) is 59.1 Å². The summed E-state index contributed by atoms with van der Waals surface area (Å²) in [6.07, 6.45) is 4.75. The van der Waals surface area contributed by atoms with Crippen LogP contribution in [0.5, 0.6) is 11.5 Å². The van der Waals surface area contributed by atoms with Crippen molar-refractivity contribution in [3.8, 4) is 34.0 Å². The summed E-state index contributed by atoms with van der Waals surface area (Å²) in [6, 6.07) is 30.1. The van der Waals surface area contributed by atoms with Crippen molar-refractivity contribution < 1.29 is 4.74 Å². The Hall–Kier alpha value is -4.38. The first-order valence-electron chi connectivity index (χ1n) is 12.4. The van der Waals surface area contributed by atoms with Crippen LogP contribution in [0.15, 0.2) is 114 Å². The summed E-state index contributed by atoms with van der Waals surface area (Å²) >= 11 is 0. The lowest BCUT2D eigenvalue weighted by atomic mass is 10.1. The standard InChI is InChI=1S/C31H28N4O/c1-21-20-32-28(23-15-16-23)18-27(21)33-31-34-29(22-9-4-2-5-10-22)19-30(35-31)24-11-8-14-26(17-24)36-25-12-6-3-7-13-25/h2-14,17-19,23,32H,15-16,20H2,1H3,(H,33,34,35). The molecule has 1 saturated carbocycles. The maximum atomic E-state index is 6.08. The average Bonchev–Trinajstić information content (AvgIpc) is 3.77. The lowest BCUT2D eigenvalue weighted by molar-refractivity contribution is 0.483. The van der Waals surface area contributed by atoms with Crippen LogP contribution in [0.4, 0.5) is 5.95 Å². The molecular formula is C31H28N4O. The molecule has 2 N–H and O–H groups in total. The Balaban J connectivity index is 1.37. The minimum atomic E-state index is 0.586. The molecule has 1 aromatic heterocycles. The Kier molecular flexibility index (Phi) is 5.96. The summed E-state index contributed by atoms with van der Waals surface area (Å²) in [5.74, 6) is 2.82. The van der Waals surface area contributed by atoms with Crippen molar-refractivity contribution in [3.05, 3.63) is 114 Å². The molecule has 1 aliphatic carbocycles. The van der Waals surface area contributed by atoms with Crippen molar-refractivity contribution in [2.24, 2.45) is 5.92 Å². The Morgan fingerprint density at radius 1 is 0.778 bits per heavy atom. The number of hydrogen-bond acceptors (Lipinski definition) is 5. The first kappa shape index (κ1) is 22.1. The number of nitrogens with one attached hydrogen (secondary N) is 2. The first-order chi connectivity index (χ1) is 17.7. The van der Waals surface area contributed by atoms with Crippen molar-refractivity contribution >= 4 is 5.95 Å². The van der Waals surface area contributed by atoms with E-state index in [1.807, 2.05) is 72.8 Å². The molecule has 0 unspecified atom stereocenters. The highest BCUT2D eigenvalue weighted by molar-refractivity contribution is 5.71. The van der Waals surface area contributed by atoms with Gasteiger partial charge in [-0.25, -0.2) is 9.97 Å². The summed E-state index contributed by atoms with van der Waals surface area (Å²) in [7, 11) is 0. The van der Waals surface area contributed by atoms with E-state index in [2.05, 4.69) is 41.8 Å². The summed E-state index contributed by atoms with van der Waals surface area (Å²) in [4.78, 5) is 9.83. The summed E-state index contributed by atoms with van der Waals surface area (Å²) < 4.78 is 6.08. The van der Waals surface area contributed by atoms with Gasteiger partial charge in [-0.05, 0) is 67.7 Å². The van der Waals surface area contributed by atoms with Crippen molar-refractivity contribution in [1.29, 1.82) is 0 Å². The largest absolute Gasteiger partial charge is 0.457 e. The number of benzene rings is 3. The summed E-state index contributed by atoms with van der Waals surface area (Å²) in [6.45, 7) is 2.98. The van der Waals surface area contributed by atoms with Crippen LogP contribution >= 0.6 is 0 Å². The molecule has 0 saturated heterocycles. The Labute approximate surface area is 211 Å². The lowest BCUT2D eigenvalue weighted by Gasteiger charge is -2.21. The predicted octanol–water partition coefficient (Wildman–Crippen LogP) is 7.19. The molecule has 178 valence electrons. The van der Waals surface area contributed by atoms with Crippen LogP contribution in [0, 0.1) is 5.92 Å². The van der Waals surface area contributed by atoms with Gasteiger partial charge < -0.3 is 15.4 Å². The number of allylic oxidation sites excluding steroid dienone is 2. The molecule has 1 aliphatic heterocycles. The van der Waals surface area contributed by atoms with E-state index in [4.69, 9.17) is 14.7 Å². The van der Waals surface area contributed by atoms with E-state index in [1.165, 1.54) is 24.1 Å². The normalized spacial score (nSPS) is 15.2. The van der Waals surface area contributed by atoms with Crippen molar-refractivity contribution in [3.63, 3.8) is 0 Å². The second-order valence-electron chi connectivity index (χ2n) is 9.32. The molecule has 0 atom stereocenters. The minimum absolute atomic E-state index is 0.586. The number of hydrogen-bond donors (Lipinski definition) is 2. The van der Waals surface area contributed by atoms with Crippen LogP contribution in [0.2, 0.25) is 0 Å². The fourth-order valence-electron chi connectivity index (χ4n) is 4.33. The third-order valence-corrected chi connectivity index (χ3v) is 6.49. The van der Waals surface area contributed by atoms with Crippen LogP contribution < -0.4 is 15.4 Å². The zero-order chi connectivity index (χ0) is 24.3. The van der Waals surface area contributed by atoms with Gasteiger partial charge in [0.05, 0.1) is 11.4 Å². The van der Waals surface area contributed by atoms with Gasteiger partial charge in [0.25, 0.3) is 0 Å². The summed E-state index contributed by atoms with van der Waals surface area (Å²) in [5, 5.41) is 7.08. The fourth-order valence-corrected chi connectivity index (χ4v) is 4.33. The maximum Gasteiger partial charge on any atom is 0.228 e. The van der Waals surface area contributed by atoms with E-state index >= 15 is 0 Å². The van der Waals surface area contributed by atoms with Crippen LogP contribution in [0.25, 0.3) is 22.5 Å². The van der Waals surface area contributed by atoms with Crippen LogP contribution in [0.1, 0.15) is 19.8 Å². The van der Waals surface area contributed by atoms with Gasteiger partial charge in [-0.3, -0.25) is 0 Å². The van der Waals surface area contributed by atoms with E-state index in [1.54, 1.807) is 0 Å². The molecule has 5 heteroatoms. The van der Waals surface area contributed by atoms with Gasteiger partial charge in [-0.15, -0.1) is 0 Å². The fraction of sp³-hybridized carbons (Fsp3) is 0.161. The Morgan fingerprint density at radius 3 is 2.19 bits per heavy atom. The maximum absolute atomic E-state index is 6.08. The van der Waals surface area contributed by atoms with Gasteiger partial charge >= 0.3 is 0 Å². The van der Waals surface area contributed by atoms with Gasteiger partial charge in [0.15, 0.2) is 0 Å². The second kappa shape index (κ2) is 9.70. The minimum Gasteiger partial charge on any atom is -0.457 e. The zero-order valence-electron chi connectivity index (χ0n) is 20.2. The molecule has 3 aromatic carbocycles. The molecule has 0 amide bonds. The molecule has 0 spiro atoms. The number of ether oxygens (including phenoxy) is 1. The molecule has 0 radical (unpaired) electrons. The lowest BCUT2D eigenvalue weighted by Crippen LogP contribution is -2.24. The predicted molar refractivity (Wildman–Crippen MR) is 145 cm³/mol. The van der Waals surface area contributed by atoms with E-state index in [0.717, 1.165) is 46.3 Å².